The molecule has 1 aromatic rings. The van der Waals surface area contributed by atoms with Gasteiger partial charge >= 0.3 is 0 Å². The van der Waals surface area contributed by atoms with Gasteiger partial charge in [0.15, 0.2) is 0 Å². The van der Waals surface area contributed by atoms with E-state index in [9.17, 15) is 0 Å². The van der Waals surface area contributed by atoms with E-state index in [2.05, 4.69) is 12.1 Å². The largest absolute Gasteiger partial charge is 0.251 e. The summed E-state index contributed by atoms with van der Waals surface area (Å²) in [6.07, 6.45) is 3.11. The van der Waals surface area contributed by atoms with E-state index in [0.717, 1.165) is 19.3 Å². The van der Waals surface area contributed by atoms with Gasteiger partial charge in [-0.25, -0.2) is 0 Å². The first-order chi connectivity index (χ1) is 5.29. The van der Waals surface area contributed by atoms with Crippen LogP contribution in [0.1, 0.15) is 18.4 Å². The fourth-order valence-corrected chi connectivity index (χ4v) is 1.31. The predicted octanol–water partition coefficient (Wildman–Crippen LogP) is 2.04. The molecule has 1 nitrogen and oxygen atoms in total. The van der Waals surface area contributed by atoms with E-state index in [1.807, 2.05) is 18.2 Å². The van der Waals surface area contributed by atoms with Gasteiger partial charge in [0.2, 0.25) is 0 Å². The lowest BCUT2D eigenvalue weighted by Crippen LogP contribution is -2.12. The highest BCUT2D eigenvalue weighted by atomic mass is 14.8. The van der Waals surface area contributed by atoms with Gasteiger partial charge in [0.25, 0.3) is 0 Å². The van der Waals surface area contributed by atoms with Crippen molar-refractivity contribution < 1.29 is 0 Å². The average molecular weight is 146 g/mol. The van der Waals surface area contributed by atoms with Crippen molar-refractivity contribution in [1.29, 1.82) is 0 Å². The van der Waals surface area contributed by atoms with E-state index in [4.69, 9.17) is 5.73 Å². The molecule has 1 aromatic carbocycles. The summed E-state index contributed by atoms with van der Waals surface area (Å²) in [5, 5.41) is 0. The minimum Gasteiger partial charge on any atom is -0.251 e. The molecule has 0 spiro atoms. The van der Waals surface area contributed by atoms with Gasteiger partial charge in [-0.2, -0.15) is 0 Å². The predicted molar refractivity (Wildman–Crippen MR) is 45.2 cm³/mol. The van der Waals surface area contributed by atoms with Crippen molar-refractivity contribution >= 4 is 0 Å². The average Bonchev–Trinajstić information content (AvgIpc) is 2.70. The third-order valence-corrected chi connectivity index (χ3v) is 2.24. The van der Waals surface area contributed by atoms with Crippen LogP contribution in [0.25, 0.3) is 0 Å². The van der Waals surface area contributed by atoms with Gasteiger partial charge in [-0.05, 0) is 24.8 Å². The van der Waals surface area contributed by atoms with Gasteiger partial charge in [-0.1, -0.05) is 30.3 Å². The van der Waals surface area contributed by atoms with Crippen LogP contribution in [0.3, 0.4) is 0 Å². The van der Waals surface area contributed by atoms with Crippen LogP contribution in [0.2, 0.25) is 0 Å². The van der Waals surface area contributed by atoms with Crippen molar-refractivity contribution in [2.45, 2.75) is 24.8 Å². The standard InChI is InChI=1S/C10H12N/c11-10(6-7-10)8-9-4-2-1-3-5-9/h1-5,11H,6-8H2. The lowest BCUT2D eigenvalue weighted by molar-refractivity contribution is 0.649. The van der Waals surface area contributed by atoms with Crippen molar-refractivity contribution in [2.24, 2.45) is 0 Å². The van der Waals surface area contributed by atoms with Crippen molar-refractivity contribution in [3.05, 3.63) is 35.9 Å². The Balaban J connectivity index is 2.07. The number of benzene rings is 1. The van der Waals surface area contributed by atoms with Crippen molar-refractivity contribution in [3.63, 3.8) is 0 Å². The van der Waals surface area contributed by atoms with E-state index < -0.39 is 0 Å². The maximum Gasteiger partial charge on any atom is 0.0365 e. The first-order valence-corrected chi connectivity index (χ1v) is 4.07. The second-order valence-electron chi connectivity index (χ2n) is 3.44. The van der Waals surface area contributed by atoms with Crippen molar-refractivity contribution in [2.75, 3.05) is 0 Å². The minimum absolute atomic E-state index is 0.0959. The van der Waals surface area contributed by atoms with Crippen LogP contribution in [0.4, 0.5) is 0 Å². The van der Waals surface area contributed by atoms with E-state index >= 15 is 0 Å². The lowest BCUT2D eigenvalue weighted by Gasteiger charge is -2.05. The zero-order valence-corrected chi connectivity index (χ0v) is 6.51. The zero-order chi connectivity index (χ0) is 7.73. The molecule has 0 bridgehead atoms. The fourth-order valence-electron chi connectivity index (χ4n) is 1.31. The molecule has 0 heterocycles. The molecular formula is C10H12N. The molecule has 1 heteroatoms. The van der Waals surface area contributed by atoms with Gasteiger partial charge in [0.1, 0.15) is 0 Å². The Morgan fingerprint density at radius 3 is 2.36 bits per heavy atom. The first kappa shape index (κ1) is 6.86. The summed E-state index contributed by atoms with van der Waals surface area (Å²) in [5.74, 6) is 0. The van der Waals surface area contributed by atoms with Crippen LogP contribution >= 0.6 is 0 Å². The molecule has 0 aliphatic heterocycles. The van der Waals surface area contributed by atoms with Crippen LogP contribution in [0.5, 0.6) is 0 Å². The molecule has 0 amide bonds. The van der Waals surface area contributed by atoms with E-state index in [0.29, 0.717) is 0 Å². The molecule has 1 aliphatic rings. The maximum atomic E-state index is 7.78. The Kier molecular flexibility index (Phi) is 1.46. The molecule has 0 unspecified atom stereocenters. The molecule has 2 rings (SSSR count). The monoisotopic (exact) mass is 146 g/mol. The Bertz CT molecular complexity index is 236. The molecule has 1 aliphatic carbocycles. The van der Waals surface area contributed by atoms with Gasteiger partial charge < -0.3 is 0 Å². The highest BCUT2D eigenvalue weighted by molar-refractivity contribution is 5.20. The molecule has 1 saturated carbocycles. The summed E-state index contributed by atoms with van der Waals surface area (Å²) in [4.78, 5) is 0. The molecule has 0 saturated heterocycles. The molecule has 0 aromatic heterocycles. The van der Waals surface area contributed by atoms with Crippen LogP contribution in [-0.4, -0.2) is 5.54 Å². The molecule has 0 atom stereocenters. The second-order valence-corrected chi connectivity index (χ2v) is 3.44. The normalized spacial score (nSPS) is 19.7. The van der Waals surface area contributed by atoms with Crippen molar-refractivity contribution in [3.8, 4) is 0 Å². The van der Waals surface area contributed by atoms with Crippen LogP contribution < -0.4 is 5.73 Å². The Morgan fingerprint density at radius 2 is 1.82 bits per heavy atom. The van der Waals surface area contributed by atoms with Crippen LogP contribution in [0.15, 0.2) is 30.3 Å². The quantitative estimate of drug-likeness (QED) is 0.609. The van der Waals surface area contributed by atoms with Gasteiger partial charge in [-0.3, -0.25) is 5.73 Å². The maximum absolute atomic E-state index is 7.78. The van der Waals surface area contributed by atoms with Gasteiger partial charge in [-0.15, -0.1) is 0 Å². The summed E-state index contributed by atoms with van der Waals surface area (Å²) >= 11 is 0. The number of hydrogen-bond acceptors (Lipinski definition) is 0. The number of hydrogen-bond donors (Lipinski definition) is 0. The molecule has 1 radical (unpaired) electrons. The van der Waals surface area contributed by atoms with Crippen LogP contribution in [-0.2, 0) is 6.42 Å². The molecule has 1 N–H and O–H groups in total. The smallest absolute Gasteiger partial charge is 0.0365 e. The second kappa shape index (κ2) is 2.35. The zero-order valence-electron chi connectivity index (χ0n) is 6.51. The summed E-state index contributed by atoms with van der Waals surface area (Å²) in [7, 11) is 0. The van der Waals surface area contributed by atoms with E-state index in [1.165, 1.54) is 5.56 Å². The molecule has 11 heavy (non-hydrogen) atoms. The topological polar surface area (TPSA) is 23.8 Å². The number of rotatable bonds is 2. The van der Waals surface area contributed by atoms with Crippen LogP contribution in [0, 0.1) is 0 Å². The summed E-state index contributed by atoms with van der Waals surface area (Å²) in [6, 6.07) is 10.3. The van der Waals surface area contributed by atoms with Crippen molar-refractivity contribution in [1.82, 2.24) is 5.73 Å². The summed E-state index contributed by atoms with van der Waals surface area (Å²) < 4.78 is 0. The lowest BCUT2D eigenvalue weighted by atomic mass is 10.1. The Labute approximate surface area is 67.2 Å². The van der Waals surface area contributed by atoms with Gasteiger partial charge in [0, 0.05) is 5.54 Å². The fraction of sp³-hybridized carbons (Fsp3) is 0.400. The molecular weight excluding hydrogens is 134 g/mol. The first-order valence-electron chi connectivity index (χ1n) is 4.07. The third kappa shape index (κ3) is 1.60. The minimum atomic E-state index is -0.0959. The highest BCUT2D eigenvalue weighted by Gasteiger charge is 2.38. The summed E-state index contributed by atoms with van der Waals surface area (Å²) in [5.41, 5.74) is 8.99. The molecule has 57 valence electrons. The number of nitrogens with one attached hydrogen (secondary N) is 1. The SMILES string of the molecule is [NH]C1(Cc2ccccc2)CC1. The summed E-state index contributed by atoms with van der Waals surface area (Å²) in [6.45, 7) is 0. The Morgan fingerprint density at radius 1 is 1.18 bits per heavy atom. The van der Waals surface area contributed by atoms with E-state index in [-0.39, 0.29) is 5.54 Å². The van der Waals surface area contributed by atoms with E-state index in [1.54, 1.807) is 0 Å². The molecule has 1 fully saturated rings. The highest BCUT2D eigenvalue weighted by Crippen LogP contribution is 2.37. The Hall–Kier alpha value is -0.820. The van der Waals surface area contributed by atoms with Gasteiger partial charge in [0.05, 0.1) is 0 Å². The third-order valence-electron chi connectivity index (χ3n) is 2.24.